The first kappa shape index (κ1) is 20.3. The summed E-state index contributed by atoms with van der Waals surface area (Å²) < 4.78 is 16.9. The molecule has 4 aromatic rings. The molecule has 5 rings (SSSR count). The van der Waals surface area contributed by atoms with E-state index >= 15 is 0 Å². The molecule has 0 atom stereocenters. The number of nitrogens with one attached hydrogen (secondary N) is 1. The Kier molecular flexibility index (Phi) is 5.87. The minimum atomic E-state index is -0.286. The number of rotatable bonds is 6. The Balaban J connectivity index is 1.54. The van der Waals surface area contributed by atoms with Gasteiger partial charge in [-0.1, -0.05) is 37.5 Å². The molecule has 1 fully saturated rings. The van der Waals surface area contributed by atoms with E-state index in [1.165, 1.54) is 25.3 Å². The quantitative estimate of drug-likeness (QED) is 0.429. The van der Waals surface area contributed by atoms with Crippen LogP contribution in [-0.4, -0.2) is 24.5 Å². The van der Waals surface area contributed by atoms with Crippen molar-refractivity contribution in [3.63, 3.8) is 0 Å². The van der Waals surface area contributed by atoms with Crippen LogP contribution in [0.4, 0.5) is 10.3 Å². The fraction of sp³-hybridized carbons (Fsp3) is 0.280. The van der Waals surface area contributed by atoms with Crippen molar-refractivity contribution in [2.45, 2.75) is 44.7 Å². The molecule has 3 aromatic heterocycles. The lowest BCUT2D eigenvalue weighted by molar-refractivity contribution is 0.355. The van der Waals surface area contributed by atoms with E-state index in [2.05, 4.69) is 24.8 Å². The van der Waals surface area contributed by atoms with Gasteiger partial charge in [0.15, 0.2) is 0 Å². The molecule has 0 amide bonds. The van der Waals surface area contributed by atoms with E-state index in [1.807, 2.05) is 36.8 Å². The van der Waals surface area contributed by atoms with Gasteiger partial charge in [-0.2, -0.15) is 0 Å². The van der Waals surface area contributed by atoms with Gasteiger partial charge in [-0.3, -0.25) is 4.98 Å². The van der Waals surface area contributed by atoms with Crippen LogP contribution < -0.4 is 5.32 Å². The van der Waals surface area contributed by atoms with Gasteiger partial charge in [0, 0.05) is 36.7 Å². The molecule has 0 unspecified atom stereocenters. The average molecular weight is 429 g/mol. The van der Waals surface area contributed by atoms with Gasteiger partial charge in [0.1, 0.15) is 11.5 Å². The van der Waals surface area contributed by atoms with Crippen LogP contribution in [0.1, 0.15) is 43.7 Å². The van der Waals surface area contributed by atoms with Crippen molar-refractivity contribution < 1.29 is 4.39 Å². The van der Waals surface area contributed by atoms with E-state index in [9.17, 15) is 4.39 Å². The summed E-state index contributed by atoms with van der Waals surface area (Å²) in [7, 11) is 0. The van der Waals surface area contributed by atoms with Gasteiger partial charge in [-0.25, -0.2) is 19.3 Å². The van der Waals surface area contributed by atoms with E-state index in [0.717, 1.165) is 29.8 Å². The second-order valence-corrected chi connectivity index (χ2v) is 8.10. The molecule has 0 aliphatic heterocycles. The van der Waals surface area contributed by atoms with E-state index in [1.54, 1.807) is 24.5 Å². The van der Waals surface area contributed by atoms with Crippen molar-refractivity contribution in [1.82, 2.24) is 24.5 Å². The lowest BCUT2D eigenvalue weighted by atomic mass is 9.95. The number of halogens is 1. The summed E-state index contributed by atoms with van der Waals surface area (Å²) >= 11 is 0. The zero-order valence-electron chi connectivity index (χ0n) is 17.8. The van der Waals surface area contributed by atoms with Crippen LogP contribution in [0.3, 0.4) is 0 Å². The van der Waals surface area contributed by atoms with E-state index < -0.39 is 0 Å². The third kappa shape index (κ3) is 4.23. The van der Waals surface area contributed by atoms with E-state index in [-0.39, 0.29) is 5.82 Å². The average Bonchev–Trinajstić information content (AvgIpc) is 3.29. The molecular weight excluding hydrogens is 403 g/mol. The highest BCUT2D eigenvalue weighted by molar-refractivity contribution is 5.77. The number of hydrogen-bond acceptors (Lipinski definition) is 5. The molecule has 3 heterocycles. The molecule has 1 N–H and O–H groups in total. The van der Waals surface area contributed by atoms with Gasteiger partial charge < -0.3 is 9.88 Å². The van der Waals surface area contributed by atoms with Gasteiger partial charge in [0.25, 0.3) is 0 Å². The number of pyridine rings is 1. The van der Waals surface area contributed by atoms with Crippen LogP contribution in [0, 0.1) is 5.82 Å². The fourth-order valence-corrected chi connectivity index (χ4v) is 4.36. The Morgan fingerprint density at radius 1 is 0.969 bits per heavy atom. The van der Waals surface area contributed by atoms with Crippen molar-refractivity contribution in [3.05, 3.63) is 78.8 Å². The summed E-state index contributed by atoms with van der Waals surface area (Å²) in [6, 6.07) is 12.9. The molecule has 0 saturated heterocycles. The van der Waals surface area contributed by atoms with Gasteiger partial charge >= 0.3 is 0 Å². The number of aromatic nitrogens is 5. The lowest BCUT2D eigenvalue weighted by Crippen LogP contribution is -2.14. The SMILES string of the molecule is Fc1ccccc1-c1ncn(C2CCCCC2)c1-c1ccnc(NCc2cccnc2)n1. The molecular formula is C25H25FN6. The summed E-state index contributed by atoms with van der Waals surface area (Å²) in [6.45, 7) is 0.569. The Bertz CT molecular complexity index is 1180. The number of nitrogens with zero attached hydrogens (tertiary/aromatic N) is 5. The Labute approximate surface area is 186 Å². The first-order chi connectivity index (χ1) is 15.8. The minimum Gasteiger partial charge on any atom is -0.350 e. The van der Waals surface area contributed by atoms with Gasteiger partial charge in [0.2, 0.25) is 5.95 Å². The monoisotopic (exact) mass is 428 g/mol. The van der Waals surface area contributed by atoms with Crippen molar-refractivity contribution in [3.8, 4) is 22.6 Å². The maximum Gasteiger partial charge on any atom is 0.223 e. The second kappa shape index (κ2) is 9.26. The minimum absolute atomic E-state index is 0.286. The molecule has 1 aromatic carbocycles. The van der Waals surface area contributed by atoms with Gasteiger partial charge in [-0.05, 0) is 42.7 Å². The smallest absolute Gasteiger partial charge is 0.223 e. The van der Waals surface area contributed by atoms with Crippen molar-refractivity contribution in [1.29, 1.82) is 0 Å². The van der Waals surface area contributed by atoms with Gasteiger partial charge in [-0.15, -0.1) is 0 Å². The summed E-state index contributed by atoms with van der Waals surface area (Å²) in [5, 5.41) is 3.27. The van der Waals surface area contributed by atoms with Crippen LogP contribution in [-0.2, 0) is 6.54 Å². The largest absolute Gasteiger partial charge is 0.350 e. The number of hydrogen-bond donors (Lipinski definition) is 1. The van der Waals surface area contributed by atoms with E-state index in [4.69, 9.17) is 4.98 Å². The third-order valence-electron chi connectivity index (χ3n) is 5.96. The molecule has 162 valence electrons. The van der Waals surface area contributed by atoms with Crippen LogP contribution >= 0.6 is 0 Å². The molecule has 0 radical (unpaired) electrons. The fourth-order valence-electron chi connectivity index (χ4n) is 4.36. The molecule has 1 aliphatic carbocycles. The molecule has 1 saturated carbocycles. The third-order valence-corrected chi connectivity index (χ3v) is 5.96. The summed E-state index contributed by atoms with van der Waals surface area (Å²) in [5.74, 6) is 0.230. The standard InChI is InChI=1S/C25H25FN6/c26-21-11-5-4-10-20(21)23-24(32(17-30-23)19-8-2-1-3-9-19)22-12-14-28-25(31-22)29-16-18-7-6-13-27-15-18/h4-7,10-15,17,19H,1-3,8-9,16H2,(H,28,29,31). The lowest BCUT2D eigenvalue weighted by Gasteiger charge is -2.25. The zero-order valence-corrected chi connectivity index (χ0v) is 17.8. The summed E-state index contributed by atoms with van der Waals surface area (Å²) in [5.41, 5.74) is 3.72. The Morgan fingerprint density at radius 2 is 1.84 bits per heavy atom. The summed E-state index contributed by atoms with van der Waals surface area (Å²) in [6.07, 6.45) is 13.0. The maximum absolute atomic E-state index is 14.7. The molecule has 7 heteroatoms. The highest BCUT2D eigenvalue weighted by Gasteiger charge is 2.24. The van der Waals surface area contributed by atoms with Crippen LogP contribution in [0.5, 0.6) is 0 Å². The normalized spacial score (nSPS) is 14.4. The van der Waals surface area contributed by atoms with Crippen molar-refractivity contribution in [2.75, 3.05) is 5.32 Å². The number of anilines is 1. The Hall–Kier alpha value is -3.61. The highest BCUT2D eigenvalue weighted by Crippen LogP contribution is 2.37. The molecule has 1 aliphatic rings. The van der Waals surface area contributed by atoms with Crippen LogP contribution in [0.15, 0.2) is 67.4 Å². The van der Waals surface area contributed by atoms with Crippen molar-refractivity contribution >= 4 is 5.95 Å². The molecule has 32 heavy (non-hydrogen) atoms. The predicted molar refractivity (Wildman–Crippen MR) is 122 cm³/mol. The Morgan fingerprint density at radius 3 is 2.66 bits per heavy atom. The summed E-state index contributed by atoms with van der Waals surface area (Å²) in [4.78, 5) is 18.0. The van der Waals surface area contributed by atoms with Gasteiger partial charge in [0.05, 0.1) is 17.7 Å². The first-order valence-corrected chi connectivity index (χ1v) is 11.1. The number of imidazole rings is 1. The maximum atomic E-state index is 14.7. The van der Waals surface area contributed by atoms with E-state index in [0.29, 0.717) is 29.8 Å². The molecule has 6 nitrogen and oxygen atoms in total. The van der Waals surface area contributed by atoms with Crippen LogP contribution in [0.25, 0.3) is 22.6 Å². The predicted octanol–water partition coefficient (Wildman–Crippen LogP) is 5.66. The topological polar surface area (TPSA) is 68.5 Å². The van der Waals surface area contributed by atoms with Crippen molar-refractivity contribution in [2.24, 2.45) is 0 Å². The highest BCUT2D eigenvalue weighted by atomic mass is 19.1. The molecule has 0 spiro atoms. The molecule has 0 bridgehead atoms. The van der Waals surface area contributed by atoms with Crippen LogP contribution in [0.2, 0.25) is 0 Å². The zero-order chi connectivity index (χ0) is 21.8. The first-order valence-electron chi connectivity index (χ1n) is 11.1. The second-order valence-electron chi connectivity index (χ2n) is 8.10. The number of benzene rings is 1.